The van der Waals surface area contributed by atoms with Crippen LogP contribution in [0.1, 0.15) is 41.9 Å². The minimum Gasteiger partial charge on any atom is -0.460 e. The van der Waals surface area contributed by atoms with Crippen molar-refractivity contribution in [2.24, 2.45) is 0 Å². The molecule has 0 aliphatic carbocycles. The summed E-state index contributed by atoms with van der Waals surface area (Å²) in [7, 11) is 0. The molecule has 1 heterocycles. The number of carbonyl (C=O) groups excluding carboxylic acids is 2. The summed E-state index contributed by atoms with van der Waals surface area (Å²) >= 11 is 0. The van der Waals surface area contributed by atoms with E-state index >= 15 is 0 Å². The lowest BCUT2D eigenvalue weighted by Gasteiger charge is -2.08. The van der Waals surface area contributed by atoms with Crippen LogP contribution in [0.4, 0.5) is 0 Å². The van der Waals surface area contributed by atoms with E-state index in [-0.39, 0.29) is 24.2 Å². The van der Waals surface area contributed by atoms with E-state index in [9.17, 15) is 9.59 Å². The van der Waals surface area contributed by atoms with E-state index in [0.717, 1.165) is 16.2 Å². The van der Waals surface area contributed by atoms with Gasteiger partial charge in [-0.25, -0.2) is 0 Å². The van der Waals surface area contributed by atoms with E-state index in [0.29, 0.717) is 28.9 Å². The maximum atomic E-state index is 13.3. The summed E-state index contributed by atoms with van der Waals surface area (Å²) in [4.78, 5) is 25.5. The molecule has 0 aliphatic rings. The highest BCUT2D eigenvalue weighted by Gasteiger charge is 2.23. The van der Waals surface area contributed by atoms with Crippen LogP contribution in [0.25, 0.3) is 21.7 Å². The minimum absolute atomic E-state index is 0.0524. The molecule has 0 unspecified atom stereocenters. The molecule has 4 aromatic rings. The zero-order valence-corrected chi connectivity index (χ0v) is 16.6. The highest BCUT2D eigenvalue weighted by atomic mass is 16.3. The molecular formula is C25H23NO3. The number of ketones is 1. The molecule has 3 aromatic carbocycles. The highest BCUT2D eigenvalue weighted by molar-refractivity contribution is 6.20. The molecule has 0 fully saturated rings. The molecule has 0 saturated carbocycles. The summed E-state index contributed by atoms with van der Waals surface area (Å²) < 4.78 is 6.21. The summed E-state index contributed by atoms with van der Waals surface area (Å²) in [5, 5.41) is 5.70. The van der Waals surface area contributed by atoms with Crippen LogP contribution in [-0.2, 0) is 11.2 Å². The quantitative estimate of drug-likeness (QED) is 0.460. The Morgan fingerprint density at radius 3 is 2.38 bits per heavy atom. The van der Waals surface area contributed by atoms with Gasteiger partial charge in [-0.05, 0) is 25.3 Å². The maximum Gasteiger partial charge on any atom is 0.220 e. The van der Waals surface area contributed by atoms with Crippen LogP contribution in [0.2, 0.25) is 0 Å². The lowest BCUT2D eigenvalue weighted by atomic mass is 9.97. The predicted molar refractivity (Wildman–Crippen MR) is 115 cm³/mol. The van der Waals surface area contributed by atoms with Gasteiger partial charge in [0.2, 0.25) is 5.91 Å². The van der Waals surface area contributed by atoms with E-state index in [1.807, 2.05) is 68.4 Å². The minimum atomic E-state index is -0.0844. The number of furan rings is 1. The highest BCUT2D eigenvalue weighted by Crippen LogP contribution is 2.34. The topological polar surface area (TPSA) is 59.3 Å². The van der Waals surface area contributed by atoms with Crippen molar-refractivity contribution in [2.45, 2.75) is 32.7 Å². The van der Waals surface area contributed by atoms with Crippen molar-refractivity contribution in [1.29, 1.82) is 0 Å². The molecule has 1 N–H and O–H groups in total. The summed E-state index contributed by atoms with van der Waals surface area (Å²) in [6.45, 7) is 3.85. The Balaban J connectivity index is 1.82. The number of nitrogens with one attached hydrogen (secondary N) is 1. The zero-order chi connectivity index (χ0) is 20.4. The molecule has 4 nitrogen and oxygen atoms in total. The van der Waals surface area contributed by atoms with Crippen LogP contribution in [0, 0.1) is 0 Å². The average molecular weight is 385 g/mol. The molecule has 0 spiro atoms. The van der Waals surface area contributed by atoms with Gasteiger partial charge >= 0.3 is 0 Å². The Hall–Kier alpha value is -3.40. The van der Waals surface area contributed by atoms with Gasteiger partial charge < -0.3 is 9.73 Å². The number of carbonyl (C=O) groups is 2. The standard InChI is InChI=1S/C25H23NO3/c1-16(2)26-22(27)15-14-21-23(24(28)18-9-4-3-5-10-18)20-13-12-17-8-6-7-11-19(17)25(20)29-21/h3-13,16H,14-15H2,1-2H3,(H,26,27). The fourth-order valence-corrected chi connectivity index (χ4v) is 3.65. The van der Waals surface area contributed by atoms with E-state index in [4.69, 9.17) is 4.42 Å². The van der Waals surface area contributed by atoms with Gasteiger partial charge in [-0.2, -0.15) is 0 Å². The normalized spacial score (nSPS) is 11.3. The van der Waals surface area contributed by atoms with Crippen LogP contribution in [-0.4, -0.2) is 17.7 Å². The third-order valence-corrected chi connectivity index (χ3v) is 4.94. The Morgan fingerprint density at radius 1 is 0.897 bits per heavy atom. The molecular weight excluding hydrogens is 362 g/mol. The first-order valence-electron chi connectivity index (χ1n) is 9.87. The fourth-order valence-electron chi connectivity index (χ4n) is 3.65. The number of benzene rings is 3. The van der Waals surface area contributed by atoms with Gasteiger partial charge in [0.1, 0.15) is 11.3 Å². The molecule has 29 heavy (non-hydrogen) atoms. The van der Waals surface area contributed by atoms with Gasteiger partial charge in [-0.15, -0.1) is 0 Å². The molecule has 1 aromatic heterocycles. The largest absolute Gasteiger partial charge is 0.460 e. The van der Waals surface area contributed by atoms with Gasteiger partial charge in [-0.1, -0.05) is 60.7 Å². The SMILES string of the molecule is CC(C)NC(=O)CCc1oc2c(ccc3ccccc32)c1C(=O)c1ccccc1. The number of fused-ring (bicyclic) bond motifs is 3. The average Bonchev–Trinajstić information content (AvgIpc) is 3.11. The van der Waals surface area contributed by atoms with Crippen molar-refractivity contribution in [3.63, 3.8) is 0 Å². The van der Waals surface area contributed by atoms with Crippen molar-refractivity contribution in [2.75, 3.05) is 0 Å². The van der Waals surface area contributed by atoms with E-state index in [1.165, 1.54) is 0 Å². The smallest absolute Gasteiger partial charge is 0.220 e. The Bertz CT molecular complexity index is 1190. The van der Waals surface area contributed by atoms with Crippen LogP contribution in [0.5, 0.6) is 0 Å². The van der Waals surface area contributed by atoms with Crippen molar-refractivity contribution in [1.82, 2.24) is 5.32 Å². The molecule has 4 rings (SSSR count). The molecule has 0 atom stereocenters. The second kappa shape index (κ2) is 7.92. The summed E-state index contributed by atoms with van der Waals surface area (Å²) in [6, 6.07) is 21.2. The fraction of sp³-hybridized carbons (Fsp3) is 0.200. The monoisotopic (exact) mass is 385 g/mol. The van der Waals surface area contributed by atoms with Gasteiger partial charge in [0, 0.05) is 35.2 Å². The van der Waals surface area contributed by atoms with Crippen LogP contribution < -0.4 is 5.32 Å². The number of hydrogen-bond acceptors (Lipinski definition) is 3. The first-order valence-corrected chi connectivity index (χ1v) is 9.87. The van der Waals surface area contributed by atoms with Crippen molar-refractivity contribution >= 4 is 33.4 Å². The van der Waals surface area contributed by atoms with Gasteiger partial charge in [-0.3, -0.25) is 9.59 Å². The molecule has 0 aliphatic heterocycles. The van der Waals surface area contributed by atoms with Crippen molar-refractivity contribution in [3.8, 4) is 0 Å². The lowest BCUT2D eigenvalue weighted by molar-refractivity contribution is -0.121. The van der Waals surface area contributed by atoms with E-state index < -0.39 is 0 Å². The predicted octanol–water partition coefficient (Wildman–Crippen LogP) is 5.27. The summed E-state index contributed by atoms with van der Waals surface area (Å²) in [5.74, 6) is 0.423. The molecule has 0 bridgehead atoms. The Morgan fingerprint density at radius 2 is 1.62 bits per heavy atom. The van der Waals surface area contributed by atoms with Crippen molar-refractivity contribution < 1.29 is 14.0 Å². The number of rotatable bonds is 6. The van der Waals surface area contributed by atoms with Crippen molar-refractivity contribution in [3.05, 3.63) is 83.6 Å². The molecule has 0 saturated heterocycles. The first kappa shape index (κ1) is 18.9. The van der Waals surface area contributed by atoms with Gasteiger partial charge in [0.25, 0.3) is 0 Å². The maximum absolute atomic E-state index is 13.3. The zero-order valence-electron chi connectivity index (χ0n) is 16.6. The Labute approximate surface area is 169 Å². The molecule has 0 radical (unpaired) electrons. The summed E-state index contributed by atoms with van der Waals surface area (Å²) in [6.07, 6.45) is 0.639. The van der Waals surface area contributed by atoms with E-state index in [2.05, 4.69) is 5.32 Å². The Kier molecular flexibility index (Phi) is 5.17. The third kappa shape index (κ3) is 3.79. The summed E-state index contributed by atoms with van der Waals surface area (Å²) in [5.41, 5.74) is 1.85. The number of hydrogen-bond donors (Lipinski definition) is 1. The molecule has 146 valence electrons. The lowest BCUT2D eigenvalue weighted by Crippen LogP contribution is -2.30. The van der Waals surface area contributed by atoms with Gasteiger partial charge in [0.15, 0.2) is 5.78 Å². The second-order valence-corrected chi connectivity index (χ2v) is 7.48. The van der Waals surface area contributed by atoms with Crippen LogP contribution >= 0.6 is 0 Å². The number of aryl methyl sites for hydroxylation is 1. The number of amides is 1. The second-order valence-electron chi connectivity index (χ2n) is 7.48. The molecule has 4 heteroatoms. The third-order valence-electron chi connectivity index (χ3n) is 4.94. The van der Waals surface area contributed by atoms with E-state index in [1.54, 1.807) is 12.1 Å². The molecule has 1 amide bonds. The van der Waals surface area contributed by atoms with Crippen LogP contribution in [0.3, 0.4) is 0 Å². The van der Waals surface area contributed by atoms with Crippen LogP contribution in [0.15, 0.2) is 71.1 Å². The first-order chi connectivity index (χ1) is 14.0. The van der Waals surface area contributed by atoms with Gasteiger partial charge in [0.05, 0.1) is 5.56 Å².